The number of benzene rings is 3. The number of aromatic nitrogens is 1. The lowest BCUT2D eigenvalue weighted by Crippen LogP contribution is -3.00. The number of hydrogen-bond acceptors (Lipinski definition) is 4. The van der Waals surface area contributed by atoms with Gasteiger partial charge in [0.2, 0.25) is 12.5 Å². The van der Waals surface area contributed by atoms with Crippen molar-refractivity contribution >= 4 is 10.8 Å². The zero-order valence-corrected chi connectivity index (χ0v) is 21.4. The molecule has 3 aromatic carbocycles. The Bertz CT molecular complexity index is 1450. The monoisotopic (exact) mass is 607 g/mol. The van der Waals surface area contributed by atoms with Crippen molar-refractivity contribution in [1.82, 2.24) is 0 Å². The number of nitrogens with zero attached hydrogens (tertiary/aromatic N) is 1. The van der Waals surface area contributed by atoms with Gasteiger partial charge in [0, 0.05) is 12.5 Å². The maximum absolute atomic E-state index is 12.9. The summed E-state index contributed by atoms with van der Waals surface area (Å²) in [5.41, 5.74) is 3.32. The first-order valence-electron chi connectivity index (χ1n) is 11.2. The molecule has 6 rings (SSSR count). The molecule has 9 heteroatoms. The number of aryl methyl sites for hydroxylation is 2. The van der Waals surface area contributed by atoms with Gasteiger partial charge in [-0.2, -0.15) is 17.7 Å². The van der Waals surface area contributed by atoms with Crippen LogP contribution >= 0.6 is 0 Å². The van der Waals surface area contributed by atoms with Gasteiger partial charge in [-0.25, -0.2) is 0 Å². The van der Waals surface area contributed by atoms with Crippen LogP contribution in [0.25, 0.3) is 22.0 Å². The van der Waals surface area contributed by atoms with E-state index < -0.39 is 11.7 Å². The van der Waals surface area contributed by atoms with Gasteiger partial charge in [0.25, 0.3) is 0 Å². The van der Waals surface area contributed by atoms with Gasteiger partial charge in [-0.1, -0.05) is 12.1 Å². The largest absolute Gasteiger partial charge is 1.00 e. The smallest absolute Gasteiger partial charge is 0.416 e. The number of halogens is 4. The molecule has 0 spiro atoms. The lowest BCUT2D eigenvalue weighted by Gasteiger charge is -2.18. The molecule has 0 bridgehead atoms. The summed E-state index contributed by atoms with van der Waals surface area (Å²) >= 11 is 0. The number of alkyl halides is 3. The first-order chi connectivity index (χ1) is 16.9. The molecular formula is C27H21F3INO4. The maximum atomic E-state index is 12.9. The third kappa shape index (κ3) is 4.29. The van der Waals surface area contributed by atoms with Crippen LogP contribution in [0.5, 0.6) is 23.0 Å². The van der Waals surface area contributed by atoms with Crippen LogP contribution in [0.2, 0.25) is 0 Å². The van der Waals surface area contributed by atoms with Gasteiger partial charge in [-0.15, -0.1) is 0 Å². The van der Waals surface area contributed by atoms with Crippen LogP contribution in [-0.2, 0) is 25.7 Å². The third-order valence-electron chi connectivity index (χ3n) is 6.46. The second-order valence-electron chi connectivity index (χ2n) is 8.55. The molecule has 4 aromatic rings. The zero-order chi connectivity index (χ0) is 24.2. The molecule has 0 fully saturated rings. The fourth-order valence-electron chi connectivity index (χ4n) is 4.65. The van der Waals surface area contributed by atoms with E-state index in [4.69, 9.17) is 18.9 Å². The summed E-state index contributed by atoms with van der Waals surface area (Å²) in [5.74, 6) is 2.63. The Kier molecular flexibility index (Phi) is 6.36. The summed E-state index contributed by atoms with van der Waals surface area (Å²) in [6.45, 7) is 1.13. The number of ether oxygens (including phenoxy) is 4. The number of fused-ring (bicyclic) bond motifs is 5. The van der Waals surface area contributed by atoms with Gasteiger partial charge in [0.15, 0.2) is 35.7 Å². The Balaban J connectivity index is 0.00000267. The predicted molar refractivity (Wildman–Crippen MR) is 122 cm³/mol. The van der Waals surface area contributed by atoms with Crippen LogP contribution in [0.1, 0.15) is 16.7 Å². The van der Waals surface area contributed by atoms with Gasteiger partial charge in [0.1, 0.15) is 6.61 Å². The van der Waals surface area contributed by atoms with Crippen LogP contribution in [0.4, 0.5) is 13.2 Å². The summed E-state index contributed by atoms with van der Waals surface area (Å²) in [4.78, 5) is 0. The lowest BCUT2D eigenvalue weighted by molar-refractivity contribution is -0.686. The van der Waals surface area contributed by atoms with E-state index in [0.29, 0.717) is 17.1 Å². The Morgan fingerprint density at radius 1 is 0.972 bits per heavy atom. The normalized spacial score (nSPS) is 13.6. The summed E-state index contributed by atoms with van der Waals surface area (Å²) in [7, 11) is 1.57. The fourth-order valence-corrected chi connectivity index (χ4v) is 4.65. The molecule has 0 aliphatic carbocycles. The Morgan fingerprint density at radius 3 is 2.44 bits per heavy atom. The molecule has 0 N–H and O–H groups in total. The molecule has 0 radical (unpaired) electrons. The average molecular weight is 607 g/mol. The minimum absolute atomic E-state index is 0. The van der Waals surface area contributed by atoms with Crippen molar-refractivity contribution in [2.75, 3.05) is 13.9 Å². The van der Waals surface area contributed by atoms with Crippen LogP contribution in [0.3, 0.4) is 0 Å². The van der Waals surface area contributed by atoms with Crippen molar-refractivity contribution in [2.45, 2.75) is 25.7 Å². The van der Waals surface area contributed by atoms with E-state index in [9.17, 15) is 13.2 Å². The highest BCUT2D eigenvalue weighted by molar-refractivity contribution is 5.91. The minimum atomic E-state index is -4.37. The quantitative estimate of drug-likeness (QED) is 0.265. The van der Waals surface area contributed by atoms with E-state index >= 15 is 0 Å². The second kappa shape index (κ2) is 9.34. The van der Waals surface area contributed by atoms with Crippen LogP contribution in [-0.4, -0.2) is 13.9 Å². The first kappa shape index (κ1) is 24.5. The molecule has 1 aromatic heterocycles. The maximum Gasteiger partial charge on any atom is 0.416 e. The zero-order valence-electron chi connectivity index (χ0n) is 19.2. The number of pyridine rings is 1. The Hall–Kier alpha value is -3.21. The molecule has 36 heavy (non-hydrogen) atoms. The first-order valence-corrected chi connectivity index (χ1v) is 11.2. The molecule has 186 valence electrons. The Morgan fingerprint density at radius 2 is 1.72 bits per heavy atom. The predicted octanol–water partition coefficient (Wildman–Crippen LogP) is 2.69. The molecular weight excluding hydrogens is 586 g/mol. The minimum Gasteiger partial charge on any atom is -1.00 e. The summed E-state index contributed by atoms with van der Waals surface area (Å²) in [6.07, 6.45) is -1.48. The SMILES string of the molecule is COc1ccc2cc3[n+](cc2c1OCc1ccc(C(F)(F)F)cc1)CCc1cc2c(cc1-3)OCO2.[I-]. The molecule has 2 aliphatic rings. The molecule has 0 unspecified atom stereocenters. The topological polar surface area (TPSA) is 40.8 Å². The van der Waals surface area contributed by atoms with Crippen LogP contribution in [0, 0.1) is 0 Å². The van der Waals surface area contributed by atoms with Gasteiger partial charge >= 0.3 is 6.18 Å². The lowest BCUT2D eigenvalue weighted by atomic mass is 9.95. The fraction of sp³-hybridized carbons (Fsp3) is 0.222. The third-order valence-corrected chi connectivity index (χ3v) is 6.46. The van der Waals surface area contributed by atoms with Gasteiger partial charge in [-0.3, -0.25) is 0 Å². The molecule has 0 saturated heterocycles. The van der Waals surface area contributed by atoms with Crippen molar-refractivity contribution in [3.63, 3.8) is 0 Å². The highest BCUT2D eigenvalue weighted by Crippen LogP contribution is 2.42. The van der Waals surface area contributed by atoms with E-state index in [2.05, 4.69) is 16.7 Å². The van der Waals surface area contributed by atoms with Crippen LogP contribution < -0.4 is 47.5 Å². The number of hydrogen-bond donors (Lipinski definition) is 0. The Labute approximate surface area is 222 Å². The molecule has 0 amide bonds. The van der Waals surface area contributed by atoms with Gasteiger partial charge in [-0.05, 0) is 52.9 Å². The summed E-state index contributed by atoms with van der Waals surface area (Å²) in [5, 5.41) is 1.83. The van der Waals surface area contributed by atoms with E-state index in [1.807, 2.05) is 24.4 Å². The van der Waals surface area contributed by atoms with Gasteiger partial charge in [0.05, 0.1) is 23.6 Å². The molecule has 5 nitrogen and oxygen atoms in total. The van der Waals surface area contributed by atoms with E-state index in [1.165, 1.54) is 17.7 Å². The van der Waals surface area contributed by atoms with Crippen LogP contribution in [0.15, 0.2) is 60.8 Å². The van der Waals surface area contributed by atoms with E-state index in [-0.39, 0.29) is 37.4 Å². The molecule has 0 saturated carbocycles. The van der Waals surface area contributed by atoms with Crippen molar-refractivity contribution in [3.05, 3.63) is 77.5 Å². The number of rotatable bonds is 4. The van der Waals surface area contributed by atoms with E-state index in [0.717, 1.165) is 58.6 Å². The highest BCUT2D eigenvalue weighted by Gasteiger charge is 2.30. The summed E-state index contributed by atoms with van der Waals surface area (Å²) in [6, 6.07) is 15.0. The van der Waals surface area contributed by atoms with Crippen molar-refractivity contribution in [2.24, 2.45) is 0 Å². The average Bonchev–Trinajstić information content (AvgIpc) is 3.32. The van der Waals surface area contributed by atoms with Gasteiger partial charge < -0.3 is 42.9 Å². The van der Waals surface area contributed by atoms with Crippen molar-refractivity contribution in [3.8, 4) is 34.3 Å². The van der Waals surface area contributed by atoms with E-state index in [1.54, 1.807) is 7.11 Å². The molecule has 0 atom stereocenters. The molecule has 2 aliphatic heterocycles. The number of methoxy groups -OCH3 is 1. The van der Waals surface area contributed by atoms with Crippen molar-refractivity contribution in [1.29, 1.82) is 0 Å². The molecule has 3 heterocycles. The highest BCUT2D eigenvalue weighted by atomic mass is 127. The standard InChI is InChI=1S/C27H21F3NO4.HI/c1-32-23-7-4-17-10-22-20-12-25-24(34-15-35-25)11-18(20)8-9-31(22)13-21(17)26(23)33-14-16-2-5-19(6-3-16)27(28,29)30;/h2-7,10-13H,8-9,14-15H2,1H3;1H/q+1;/p-1. The second-order valence-corrected chi connectivity index (χ2v) is 8.55. The van der Waals surface area contributed by atoms with Crippen molar-refractivity contribution < 1.29 is 60.7 Å². The summed E-state index contributed by atoms with van der Waals surface area (Å²) < 4.78 is 63.6.